The summed E-state index contributed by atoms with van der Waals surface area (Å²) < 4.78 is 5.23. The first kappa shape index (κ1) is 10.3. The van der Waals surface area contributed by atoms with Crippen LogP contribution >= 0.6 is 0 Å². The molecular formula is C11H11NO2. The SMILES string of the molecule is C#CCCOc1cc(C(C)=O)ccn1. The predicted molar refractivity (Wildman–Crippen MR) is 53.2 cm³/mol. The van der Waals surface area contributed by atoms with Crippen molar-refractivity contribution >= 4 is 5.78 Å². The number of carbonyl (C=O) groups excluding carboxylic acids is 1. The quantitative estimate of drug-likeness (QED) is 0.411. The first-order valence-electron chi connectivity index (χ1n) is 4.27. The summed E-state index contributed by atoms with van der Waals surface area (Å²) in [6, 6.07) is 3.26. The maximum Gasteiger partial charge on any atom is 0.213 e. The highest BCUT2D eigenvalue weighted by Gasteiger charge is 2.01. The Morgan fingerprint density at radius 3 is 3.14 bits per heavy atom. The van der Waals surface area contributed by atoms with E-state index >= 15 is 0 Å². The molecule has 0 bridgehead atoms. The van der Waals surface area contributed by atoms with Crippen LogP contribution in [0.5, 0.6) is 5.88 Å². The van der Waals surface area contributed by atoms with Gasteiger partial charge in [-0.2, -0.15) is 0 Å². The van der Waals surface area contributed by atoms with Gasteiger partial charge in [-0.25, -0.2) is 4.98 Å². The van der Waals surface area contributed by atoms with Crippen LogP contribution in [0.4, 0.5) is 0 Å². The molecule has 0 spiro atoms. The van der Waals surface area contributed by atoms with E-state index in [9.17, 15) is 4.79 Å². The van der Waals surface area contributed by atoms with Gasteiger partial charge in [-0.15, -0.1) is 12.3 Å². The number of ether oxygens (including phenoxy) is 1. The van der Waals surface area contributed by atoms with E-state index in [2.05, 4.69) is 10.9 Å². The lowest BCUT2D eigenvalue weighted by Crippen LogP contribution is -2.00. The molecule has 1 heterocycles. The van der Waals surface area contributed by atoms with Gasteiger partial charge in [-0.1, -0.05) is 0 Å². The standard InChI is InChI=1S/C11H11NO2/c1-3-4-7-14-11-8-10(9(2)13)5-6-12-11/h1,5-6,8H,4,7H2,2H3. The first-order valence-corrected chi connectivity index (χ1v) is 4.27. The Balaban J connectivity index is 2.65. The molecule has 0 saturated carbocycles. The van der Waals surface area contributed by atoms with E-state index in [1.165, 1.54) is 6.92 Å². The molecule has 14 heavy (non-hydrogen) atoms. The highest BCUT2D eigenvalue weighted by Crippen LogP contribution is 2.09. The van der Waals surface area contributed by atoms with Gasteiger partial charge < -0.3 is 4.74 Å². The number of nitrogens with zero attached hydrogens (tertiary/aromatic N) is 1. The number of rotatable bonds is 4. The van der Waals surface area contributed by atoms with E-state index in [4.69, 9.17) is 11.2 Å². The summed E-state index contributed by atoms with van der Waals surface area (Å²) >= 11 is 0. The van der Waals surface area contributed by atoms with Crippen LogP contribution in [0.3, 0.4) is 0 Å². The van der Waals surface area contributed by atoms with Crippen molar-refractivity contribution in [3.63, 3.8) is 0 Å². The molecule has 0 atom stereocenters. The Labute approximate surface area is 83.1 Å². The minimum Gasteiger partial charge on any atom is -0.477 e. The number of hydrogen-bond acceptors (Lipinski definition) is 3. The van der Waals surface area contributed by atoms with Crippen molar-refractivity contribution in [1.29, 1.82) is 0 Å². The monoisotopic (exact) mass is 189 g/mol. The van der Waals surface area contributed by atoms with Gasteiger partial charge in [0.25, 0.3) is 0 Å². The summed E-state index contributed by atoms with van der Waals surface area (Å²) in [4.78, 5) is 15.0. The summed E-state index contributed by atoms with van der Waals surface area (Å²) in [7, 11) is 0. The highest BCUT2D eigenvalue weighted by atomic mass is 16.5. The van der Waals surface area contributed by atoms with Gasteiger partial charge in [0.1, 0.15) is 6.61 Å². The lowest BCUT2D eigenvalue weighted by molar-refractivity contribution is 0.101. The largest absolute Gasteiger partial charge is 0.477 e. The zero-order valence-corrected chi connectivity index (χ0v) is 7.99. The van der Waals surface area contributed by atoms with Crippen LogP contribution < -0.4 is 4.74 Å². The van der Waals surface area contributed by atoms with E-state index in [1.807, 2.05) is 0 Å². The number of terminal acetylenes is 1. The maximum absolute atomic E-state index is 11.0. The van der Waals surface area contributed by atoms with Gasteiger partial charge in [0.15, 0.2) is 5.78 Å². The topological polar surface area (TPSA) is 39.2 Å². The first-order chi connectivity index (χ1) is 6.74. The predicted octanol–water partition coefficient (Wildman–Crippen LogP) is 1.69. The van der Waals surface area contributed by atoms with E-state index in [0.29, 0.717) is 24.5 Å². The molecule has 0 saturated heterocycles. The normalized spacial score (nSPS) is 9.14. The molecule has 0 unspecified atom stereocenters. The van der Waals surface area contributed by atoms with Gasteiger partial charge in [0.2, 0.25) is 5.88 Å². The molecule has 72 valence electrons. The van der Waals surface area contributed by atoms with E-state index in [1.54, 1.807) is 18.3 Å². The van der Waals surface area contributed by atoms with Crippen molar-refractivity contribution in [2.45, 2.75) is 13.3 Å². The molecule has 0 amide bonds. The van der Waals surface area contributed by atoms with E-state index < -0.39 is 0 Å². The second kappa shape index (κ2) is 5.03. The molecule has 0 aliphatic carbocycles. The molecule has 1 aromatic rings. The third kappa shape index (κ3) is 2.91. The Bertz CT molecular complexity index is 366. The van der Waals surface area contributed by atoms with Crippen molar-refractivity contribution in [1.82, 2.24) is 4.98 Å². The smallest absolute Gasteiger partial charge is 0.213 e. The Morgan fingerprint density at radius 1 is 1.71 bits per heavy atom. The van der Waals surface area contributed by atoms with Crippen LogP contribution in [-0.2, 0) is 0 Å². The third-order valence-corrected chi connectivity index (χ3v) is 1.64. The summed E-state index contributed by atoms with van der Waals surface area (Å²) in [5, 5.41) is 0. The van der Waals surface area contributed by atoms with E-state index in [0.717, 1.165) is 0 Å². The van der Waals surface area contributed by atoms with Crippen LogP contribution in [0.25, 0.3) is 0 Å². The number of hydrogen-bond donors (Lipinski definition) is 0. The average molecular weight is 189 g/mol. The fraction of sp³-hybridized carbons (Fsp3) is 0.273. The van der Waals surface area contributed by atoms with Gasteiger partial charge in [0, 0.05) is 24.2 Å². The van der Waals surface area contributed by atoms with Crippen LogP contribution in [0.1, 0.15) is 23.7 Å². The summed E-state index contributed by atoms with van der Waals surface area (Å²) in [5.74, 6) is 2.89. The molecule has 0 radical (unpaired) electrons. The zero-order chi connectivity index (χ0) is 10.4. The van der Waals surface area contributed by atoms with Gasteiger partial charge in [0.05, 0.1) is 0 Å². The van der Waals surface area contributed by atoms with Crippen molar-refractivity contribution in [3.8, 4) is 18.2 Å². The van der Waals surface area contributed by atoms with Crippen LogP contribution in [0.15, 0.2) is 18.3 Å². The van der Waals surface area contributed by atoms with Gasteiger partial charge in [-0.05, 0) is 13.0 Å². The molecule has 1 rings (SSSR count). The lowest BCUT2D eigenvalue weighted by Gasteiger charge is -2.03. The fourth-order valence-electron chi connectivity index (χ4n) is 0.922. The summed E-state index contributed by atoms with van der Waals surface area (Å²) in [6.45, 7) is 1.92. The number of carbonyl (C=O) groups is 1. The molecule has 0 N–H and O–H groups in total. The highest BCUT2D eigenvalue weighted by molar-refractivity contribution is 5.94. The van der Waals surface area contributed by atoms with Crippen molar-refractivity contribution in [2.75, 3.05) is 6.61 Å². The second-order valence-electron chi connectivity index (χ2n) is 2.74. The Kier molecular flexibility index (Phi) is 3.69. The number of aromatic nitrogens is 1. The Hall–Kier alpha value is -1.82. The van der Waals surface area contributed by atoms with Gasteiger partial charge >= 0.3 is 0 Å². The molecule has 0 aliphatic heterocycles. The lowest BCUT2D eigenvalue weighted by atomic mass is 10.2. The van der Waals surface area contributed by atoms with Crippen molar-refractivity contribution in [2.24, 2.45) is 0 Å². The summed E-state index contributed by atoms with van der Waals surface area (Å²) in [5.41, 5.74) is 0.593. The molecule has 1 aromatic heterocycles. The fourth-order valence-corrected chi connectivity index (χ4v) is 0.922. The van der Waals surface area contributed by atoms with Crippen LogP contribution in [0, 0.1) is 12.3 Å². The third-order valence-electron chi connectivity index (χ3n) is 1.64. The summed E-state index contributed by atoms with van der Waals surface area (Å²) in [6.07, 6.45) is 7.14. The zero-order valence-electron chi connectivity index (χ0n) is 7.99. The average Bonchev–Trinajstić information content (AvgIpc) is 2.19. The number of Topliss-reactive ketones (excluding diaryl/α,β-unsaturated/α-hetero) is 1. The Morgan fingerprint density at radius 2 is 2.50 bits per heavy atom. The molecule has 3 heteroatoms. The number of pyridine rings is 1. The second-order valence-corrected chi connectivity index (χ2v) is 2.74. The van der Waals surface area contributed by atoms with Crippen molar-refractivity contribution < 1.29 is 9.53 Å². The van der Waals surface area contributed by atoms with Gasteiger partial charge in [-0.3, -0.25) is 4.79 Å². The number of ketones is 1. The van der Waals surface area contributed by atoms with Crippen LogP contribution in [-0.4, -0.2) is 17.4 Å². The molecule has 0 fully saturated rings. The minimum absolute atomic E-state index is 0.00537. The van der Waals surface area contributed by atoms with Crippen LogP contribution in [0.2, 0.25) is 0 Å². The molecule has 0 aliphatic rings. The minimum atomic E-state index is -0.00537. The molecule has 3 nitrogen and oxygen atoms in total. The van der Waals surface area contributed by atoms with E-state index in [-0.39, 0.29) is 5.78 Å². The maximum atomic E-state index is 11.0. The molecular weight excluding hydrogens is 178 g/mol. The molecule has 0 aromatic carbocycles. The van der Waals surface area contributed by atoms with Crippen molar-refractivity contribution in [3.05, 3.63) is 23.9 Å².